The molecule has 0 unspecified atom stereocenters. The van der Waals surface area contributed by atoms with E-state index in [1.807, 2.05) is 10.6 Å². The van der Waals surface area contributed by atoms with Crippen molar-refractivity contribution in [2.24, 2.45) is 9.98 Å². The summed E-state index contributed by atoms with van der Waals surface area (Å²) in [7, 11) is 0. The summed E-state index contributed by atoms with van der Waals surface area (Å²) in [6.45, 7) is 2.89. The minimum Gasteiger partial charge on any atom is -0.492 e. The molecule has 4 rings (SSSR count). The summed E-state index contributed by atoms with van der Waals surface area (Å²) in [5, 5.41) is 11.1. The lowest BCUT2D eigenvalue weighted by molar-refractivity contribution is 0.291. The molecule has 0 aromatic carbocycles. The van der Waals surface area contributed by atoms with Gasteiger partial charge in [0, 0.05) is 18.3 Å². The molecule has 3 aliphatic carbocycles. The normalized spacial score (nSPS) is 25.3. The Balaban J connectivity index is 1.67. The molecule has 158 valence electrons. The summed E-state index contributed by atoms with van der Waals surface area (Å²) in [5.41, 5.74) is 2.95. The van der Waals surface area contributed by atoms with Gasteiger partial charge in [-0.15, -0.1) is 0 Å². The predicted octanol–water partition coefficient (Wildman–Crippen LogP) is 5.72. The second kappa shape index (κ2) is 9.64. The summed E-state index contributed by atoms with van der Waals surface area (Å²) < 4.78 is 8.18. The highest BCUT2D eigenvalue weighted by Crippen LogP contribution is 2.33. The van der Waals surface area contributed by atoms with Gasteiger partial charge in [-0.1, -0.05) is 44.6 Å². The maximum atomic E-state index is 11.1. The molecule has 5 nitrogen and oxygen atoms in total. The number of rotatable bonds is 4. The molecule has 5 heteroatoms. The Morgan fingerprint density at radius 3 is 2.41 bits per heavy atom. The highest BCUT2D eigenvalue weighted by molar-refractivity contribution is 5.97. The maximum Gasteiger partial charge on any atom is 0.300 e. The van der Waals surface area contributed by atoms with E-state index in [9.17, 15) is 5.11 Å². The highest BCUT2D eigenvalue weighted by atomic mass is 16.4. The zero-order chi connectivity index (χ0) is 20.1. The summed E-state index contributed by atoms with van der Waals surface area (Å²) >= 11 is 0. The van der Waals surface area contributed by atoms with Crippen molar-refractivity contribution >= 4 is 11.8 Å². The SMILES string of the molecule is CCN=C1C=CC(=Cc2oc(=NC3CCCCC3)n(C3CCCCC3)c2O)CC1. The monoisotopic (exact) mass is 397 g/mol. The average molecular weight is 398 g/mol. The van der Waals surface area contributed by atoms with E-state index in [1.54, 1.807) is 0 Å². The number of aromatic hydroxyl groups is 1. The van der Waals surface area contributed by atoms with Gasteiger partial charge in [-0.05, 0) is 63.2 Å². The summed E-state index contributed by atoms with van der Waals surface area (Å²) in [4.78, 5) is 9.47. The topological polar surface area (TPSA) is 63.0 Å². The molecule has 0 saturated heterocycles. The quantitative estimate of drug-likeness (QED) is 0.706. The first-order valence-corrected chi connectivity index (χ1v) is 11.6. The molecule has 2 saturated carbocycles. The Morgan fingerprint density at radius 1 is 1.03 bits per heavy atom. The van der Waals surface area contributed by atoms with Crippen molar-refractivity contribution in [1.29, 1.82) is 0 Å². The molecule has 3 aliphatic rings. The number of aromatic nitrogens is 1. The van der Waals surface area contributed by atoms with E-state index in [2.05, 4.69) is 24.1 Å². The lowest BCUT2D eigenvalue weighted by Gasteiger charge is -2.23. The molecule has 2 fully saturated rings. The Labute approximate surface area is 174 Å². The number of nitrogens with zero attached hydrogens (tertiary/aromatic N) is 3. The Bertz CT molecular complexity index is 844. The third-order valence-corrected chi connectivity index (χ3v) is 6.50. The minimum absolute atomic E-state index is 0.250. The van der Waals surface area contributed by atoms with Crippen molar-refractivity contribution < 1.29 is 9.52 Å². The number of aliphatic imine (C=N–C) groups is 1. The highest BCUT2D eigenvalue weighted by Gasteiger charge is 2.24. The van der Waals surface area contributed by atoms with Crippen LogP contribution < -0.4 is 5.68 Å². The van der Waals surface area contributed by atoms with Crippen LogP contribution in [0.4, 0.5) is 0 Å². The first-order chi connectivity index (χ1) is 14.2. The van der Waals surface area contributed by atoms with Gasteiger partial charge in [-0.3, -0.25) is 9.56 Å². The van der Waals surface area contributed by atoms with Gasteiger partial charge in [0.1, 0.15) is 0 Å². The molecule has 1 N–H and O–H groups in total. The fourth-order valence-corrected chi connectivity index (χ4v) is 4.89. The van der Waals surface area contributed by atoms with E-state index in [4.69, 9.17) is 9.41 Å². The molecule has 1 heterocycles. The van der Waals surface area contributed by atoms with Gasteiger partial charge in [0.2, 0.25) is 5.88 Å². The third kappa shape index (κ3) is 4.93. The molecule has 1 aromatic heterocycles. The van der Waals surface area contributed by atoms with Gasteiger partial charge in [-0.2, -0.15) is 0 Å². The largest absolute Gasteiger partial charge is 0.492 e. The van der Waals surface area contributed by atoms with Gasteiger partial charge in [0.05, 0.1) is 6.04 Å². The number of hydrogen-bond donors (Lipinski definition) is 1. The van der Waals surface area contributed by atoms with E-state index >= 15 is 0 Å². The van der Waals surface area contributed by atoms with Gasteiger partial charge >= 0.3 is 5.68 Å². The van der Waals surface area contributed by atoms with Crippen molar-refractivity contribution in [3.63, 3.8) is 0 Å². The predicted molar refractivity (Wildman–Crippen MR) is 117 cm³/mol. The van der Waals surface area contributed by atoms with Gasteiger partial charge in [0.15, 0.2) is 5.76 Å². The smallest absolute Gasteiger partial charge is 0.300 e. The van der Waals surface area contributed by atoms with Crippen LogP contribution in [-0.2, 0) is 0 Å². The molecule has 0 spiro atoms. The van der Waals surface area contributed by atoms with Crippen molar-refractivity contribution in [3.05, 3.63) is 29.2 Å². The average Bonchev–Trinajstić information content (AvgIpc) is 3.05. The second-order valence-corrected chi connectivity index (χ2v) is 8.67. The van der Waals surface area contributed by atoms with Crippen LogP contribution in [0.1, 0.15) is 95.8 Å². The number of allylic oxidation sites excluding steroid dienone is 3. The van der Waals surface area contributed by atoms with Crippen molar-refractivity contribution in [2.45, 2.75) is 96.1 Å². The fourth-order valence-electron chi connectivity index (χ4n) is 4.89. The molecule has 0 radical (unpaired) electrons. The maximum absolute atomic E-state index is 11.1. The number of hydrogen-bond acceptors (Lipinski definition) is 4. The van der Waals surface area contributed by atoms with Crippen molar-refractivity contribution in [2.75, 3.05) is 6.54 Å². The van der Waals surface area contributed by atoms with E-state index in [0.29, 0.717) is 23.5 Å². The zero-order valence-corrected chi connectivity index (χ0v) is 17.8. The van der Waals surface area contributed by atoms with Crippen LogP contribution in [0.25, 0.3) is 6.08 Å². The Kier molecular flexibility index (Phi) is 6.73. The summed E-state index contributed by atoms with van der Waals surface area (Å²) in [6.07, 6.45) is 20.0. The lowest BCUT2D eigenvalue weighted by Crippen LogP contribution is -2.26. The standard InChI is InChI=1S/C24H35N3O2/c1-2-25-19-15-13-18(14-16-19)17-22-23(28)27(21-11-7-4-8-12-21)24(29-22)26-20-9-5-3-6-10-20/h13,15,17,20-21,28H,2-12,14,16H2,1H3. The van der Waals surface area contributed by atoms with Crippen molar-refractivity contribution in [1.82, 2.24) is 4.57 Å². The van der Waals surface area contributed by atoms with E-state index in [1.165, 1.54) is 44.1 Å². The number of oxazole rings is 1. The lowest BCUT2D eigenvalue weighted by atomic mass is 9.95. The van der Waals surface area contributed by atoms with Crippen LogP contribution in [0.3, 0.4) is 0 Å². The van der Waals surface area contributed by atoms with Crippen LogP contribution in [-0.4, -0.2) is 28.0 Å². The fraction of sp³-hybridized carbons (Fsp3) is 0.667. The third-order valence-electron chi connectivity index (χ3n) is 6.50. The second-order valence-electron chi connectivity index (χ2n) is 8.67. The molecule has 29 heavy (non-hydrogen) atoms. The molecule has 1 aromatic rings. The van der Waals surface area contributed by atoms with Crippen LogP contribution >= 0.6 is 0 Å². The summed E-state index contributed by atoms with van der Waals surface area (Å²) in [6, 6.07) is 0.624. The first-order valence-electron chi connectivity index (χ1n) is 11.6. The molecule has 0 aliphatic heterocycles. The van der Waals surface area contributed by atoms with E-state index in [-0.39, 0.29) is 5.88 Å². The Morgan fingerprint density at radius 2 is 1.76 bits per heavy atom. The Hall–Kier alpha value is -2.04. The van der Waals surface area contributed by atoms with Crippen LogP contribution in [0, 0.1) is 0 Å². The van der Waals surface area contributed by atoms with Crippen molar-refractivity contribution in [3.8, 4) is 5.88 Å². The molecular formula is C24H35N3O2. The van der Waals surface area contributed by atoms with Gasteiger partial charge < -0.3 is 9.52 Å². The van der Waals surface area contributed by atoms with Gasteiger partial charge in [-0.25, -0.2) is 4.99 Å². The van der Waals surface area contributed by atoms with Gasteiger partial charge in [0.25, 0.3) is 0 Å². The van der Waals surface area contributed by atoms with Crippen LogP contribution in [0.2, 0.25) is 0 Å². The molecule has 0 bridgehead atoms. The van der Waals surface area contributed by atoms with E-state index in [0.717, 1.165) is 50.8 Å². The molecule has 0 amide bonds. The van der Waals surface area contributed by atoms with Crippen LogP contribution in [0.5, 0.6) is 5.88 Å². The molecule has 0 atom stereocenters. The molecular weight excluding hydrogens is 362 g/mol. The minimum atomic E-state index is 0.250. The van der Waals surface area contributed by atoms with E-state index < -0.39 is 0 Å². The first kappa shape index (κ1) is 20.2. The zero-order valence-electron chi connectivity index (χ0n) is 17.8. The summed E-state index contributed by atoms with van der Waals surface area (Å²) in [5.74, 6) is 0.807. The van der Waals surface area contributed by atoms with Crippen LogP contribution in [0.15, 0.2) is 32.1 Å².